The number of rotatable bonds is 1. The van der Waals surface area contributed by atoms with Crippen LogP contribution in [0.25, 0.3) is 11.1 Å². The molecule has 0 aliphatic rings. The molecule has 0 saturated carbocycles. The third-order valence-electron chi connectivity index (χ3n) is 1.41. The van der Waals surface area contributed by atoms with Gasteiger partial charge >= 0.3 is 0 Å². The second kappa shape index (κ2) is 2.79. The van der Waals surface area contributed by atoms with Gasteiger partial charge in [0.1, 0.15) is 5.52 Å². The summed E-state index contributed by atoms with van der Waals surface area (Å²) < 4.78 is 5.10. The monoisotopic (exact) mass is 183 g/mol. The maximum atomic E-state index is 5.10. The molecule has 0 saturated heterocycles. The zero-order valence-corrected chi connectivity index (χ0v) is 7.23. The van der Waals surface area contributed by atoms with Crippen LogP contribution >= 0.6 is 22.5 Å². The van der Waals surface area contributed by atoms with Crippen molar-refractivity contribution in [3.05, 3.63) is 24.6 Å². The van der Waals surface area contributed by atoms with Crippen LogP contribution in [0.15, 0.2) is 33.9 Å². The summed E-state index contributed by atoms with van der Waals surface area (Å²) in [6.07, 6.45) is 1.44. The molecule has 2 rings (SSSR count). The number of benzene rings is 1. The maximum absolute atomic E-state index is 5.10. The topological polar surface area (TPSA) is 26.0 Å². The molecule has 1 heterocycles. The van der Waals surface area contributed by atoms with Gasteiger partial charge in [0.05, 0.1) is 0 Å². The Bertz CT molecular complexity index is 371. The fourth-order valence-electron chi connectivity index (χ4n) is 0.892. The summed E-state index contributed by atoms with van der Waals surface area (Å²) in [4.78, 5) is 5.06. The van der Waals surface area contributed by atoms with Crippen LogP contribution in [0.3, 0.4) is 0 Å². The van der Waals surface area contributed by atoms with Gasteiger partial charge in [0.2, 0.25) is 0 Å². The first-order valence-corrected chi connectivity index (χ1v) is 4.92. The lowest BCUT2D eigenvalue weighted by Crippen LogP contribution is -1.68. The Kier molecular flexibility index (Phi) is 1.79. The van der Waals surface area contributed by atoms with Crippen LogP contribution in [-0.2, 0) is 0 Å². The highest BCUT2D eigenvalue weighted by atomic mass is 33.1. The Labute approximate surface area is 72.8 Å². The Balaban J connectivity index is 2.67. The van der Waals surface area contributed by atoms with Gasteiger partial charge in [0.15, 0.2) is 12.0 Å². The van der Waals surface area contributed by atoms with E-state index in [0.29, 0.717) is 0 Å². The molecule has 4 heteroatoms. The summed E-state index contributed by atoms with van der Waals surface area (Å²) in [7, 11) is 1.39. The second-order valence-corrected chi connectivity index (χ2v) is 3.27. The SMILES string of the molecule is SSc1ccc2ncoc2c1. The zero-order chi connectivity index (χ0) is 7.68. The Morgan fingerprint density at radius 3 is 3.18 bits per heavy atom. The number of hydrogen-bond acceptors (Lipinski definition) is 4. The molecule has 0 unspecified atom stereocenters. The third-order valence-corrected chi connectivity index (χ3v) is 2.51. The van der Waals surface area contributed by atoms with E-state index in [1.807, 2.05) is 18.2 Å². The lowest BCUT2D eigenvalue weighted by molar-refractivity contribution is 0.601. The van der Waals surface area contributed by atoms with E-state index in [1.165, 1.54) is 17.2 Å². The van der Waals surface area contributed by atoms with Crippen LogP contribution in [0.2, 0.25) is 0 Å². The van der Waals surface area contributed by atoms with Crippen LogP contribution < -0.4 is 0 Å². The van der Waals surface area contributed by atoms with Gasteiger partial charge < -0.3 is 4.42 Å². The molecule has 11 heavy (non-hydrogen) atoms. The number of aromatic nitrogens is 1. The van der Waals surface area contributed by atoms with Crippen molar-refractivity contribution in [2.75, 3.05) is 0 Å². The molecular formula is C7H5NOS2. The summed E-state index contributed by atoms with van der Waals surface area (Å²) in [5.41, 5.74) is 1.69. The number of hydrogen-bond donors (Lipinski definition) is 1. The van der Waals surface area contributed by atoms with Gasteiger partial charge in [-0.3, -0.25) is 0 Å². The first-order valence-electron chi connectivity index (χ1n) is 3.05. The maximum Gasteiger partial charge on any atom is 0.181 e. The molecule has 0 radical (unpaired) electrons. The fourth-order valence-corrected chi connectivity index (χ4v) is 1.52. The summed E-state index contributed by atoms with van der Waals surface area (Å²) >= 11 is 4.07. The van der Waals surface area contributed by atoms with E-state index in [9.17, 15) is 0 Å². The summed E-state index contributed by atoms with van der Waals surface area (Å²) in [6.45, 7) is 0. The van der Waals surface area contributed by atoms with E-state index >= 15 is 0 Å². The highest BCUT2D eigenvalue weighted by Crippen LogP contribution is 2.24. The molecule has 0 aliphatic heterocycles. The first-order chi connectivity index (χ1) is 5.40. The normalized spacial score (nSPS) is 10.6. The van der Waals surface area contributed by atoms with Crippen LogP contribution in [-0.4, -0.2) is 4.98 Å². The Morgan fingerprint density at radius 1 is 1.45 bits per heavy atom. The van der Waals surface area contributed by atoms with Gasteiger partial charge in [-0.2, -0.15) is 0 Å². The molecule has 2 nitrogen and oxygen atoms in total. The number of thiol groups is 1. The van der Waals surface area contributed by atoms with Crippen molar-refractivity contribution >= 4 is 33.6 Å². The summed E-state index contributed by atoms with van der Waals surface area (Å²) in [5.74, 6) is 0. The van der Waals surface area contributed by atoms with Crippen molar-refractivity contribution in [1.82, 2.24) is 4.98 Å². The van der Waals surface area contributed by atoms with Gasteiger partial charge in [-0.25, -0.2) is 4.98 Å². The van der Waals surface area contributed by atoms with Gasteiger partial charge in [0, 0.05) is 4.90 Å². The molecule has 56 valence electrons. The summed E-state index contributed by atoms with van der Waals surface area (Å²) in [5, 5.41) is 0. The highest BCUT2D eigenvalue weighted by molar-refractivity contribution is 8.68. The lowest BCUT2D eigenvalue weighted by atomic mass is 10.3. The number of nitrogens with zero attached hydrogens (tertiary/aromatic N) is 1. The van der Waals surface area contributed by atoms with Crippen molar-refractivity contribution in [3.8, 4) is 0 Å². The van der Waals surface area contributed by atoms with Gasteiger partial charge in [-0.1, -0.05) is 10.8 Å². The van der Waals surface area contributed by atoms with Crippen molar-refractivity contribution in [2.45, 2.75) is 4.90 Å². The van der Waals surface area contributed by atoms with Crippen molar-refractivity contribution in [3.63, 3.8) is 0 Å². The zero-order valence-electron chi connectivity index (χ0n) is 5.52. The van der Waals surface area contributed by atoms with Gasteiger partial charge in [-0.15, -0.1) is 11.7 Å². The molecule has 0 fully saturated rings. The quantitative estimate of drug-likeness (QED) is 0.544. The number of oxazole rings is 1. The van der Waals surface area contributed by atoms with Gasteiger partial charge in [0.25, 0.3) is 0 Å². The molecule has 1 aromatic carbocycles. The van der Waals surface area contributed by atoms with Crippen molar-refractivity contribution in [2.24, 2.45) is 0 Å². The van der Waals surface area contributed by atoms with Crippen molar-refractivity contribution < 1.29 is 4.42 Å². The molecule has 0 spiro atoms. The lowest BCUT2D eigenvalue weighted by Gasteiger charge is -1.91. The minimum atomic E-state index is 0.809. The van der Waals surface area contributed by atoms with E-state index in [0.717, 1.165) is 16.0 Å². The van der Waals surface area contributed by atoms with E-state index < -0.39 is 0 Å². The van der Waals surface area contributed by atoms with Crippen LogP contribution in [0.5, 0.6) is 0 Å². The molecule has 2 aromatic rings. The van der Waals surface area contributed by atoms with E-state index in [2.05, 4.69) is 16.6 Å². The highest BCUT2D eigenvalue weighted by Gasteiger charge is 1.98. The Hall–Kier alpha value is -0.610. The minimum absolute atomic E-state index is 0.809. The minimum Gasteiger partial charge on any atom is -0.443 e. The smallest absolute Gasteiger partial charge is 0.181 e. The van der Waals surface area contributed by atoms with Gasteiger partial charge in [-0.05, 0) is 18.2 Å². The molecule has 0 aliphatic carbocycles. The predicted octanol–water partition coefficient (Wildman–Crippen LogP) is 2.76. The second-order valence-electron chi connectivity index (χ2n) is 2.07. The average molecular weight is 183 g/mol. The molecule has 0 atom stereocenters. The molecule has 0 bridgehead atoms. The summed E-state index contributed by atoms with van der Waals surface area (Å²) in [6, 6.07) is 5.79. The fraction of sp³-hybridized carbons (Fsp3) is 0. The average Bonchev–Trinajstić information content (AvgIpc) is 2.50. The molecule has 1 aromatic heterocycles. The predicted molar refractivity (Wildman–Crippen MR) is 48.9 cm³/mol. The number of fused-ring (bicyclic) bond motifs is 1. The van der Waals surface area contributed by atoms with Crippen molar-refractivity contribution in [1.29, 1.82) is 0 Å². The van der Waals surface area contributed by atoms with Crippen LogP contribution in [0.4, 0.5) is 0 Å². The first kappa shape index (κ1) is 7.06. The van der Waals surface area contributed by atoms with Crippen LogP contribution in [0, 0.1) is 0 Å². The van der Waals surface area contributed by atoms with Crippen LogP contribution in [0.1, 0.15) is 0 Å². The largest absolute Gasteiger partial charge is 0.443 e. The molecule has 0 N–H and O–H groups in total. The van der Waals surface area contributed by atoms with E-state index in [4.69, 9.17) is 4.42 Å². The Morgan fingerprint density at radius 2 is 2.36 bits per heavy atom. The molecular weight excluding hydrogens is 178 g/mol. The van der Waals surface area contributed by atoms with E-state index in [-0.39, 0.29) is 0 Å². The standard InChI is InChI=1S/C7H5NOS2/c10-11-5-1-2-6-7(3-5)9-4-8-6/h1-4,10H. The third kappa shape index (κ3) is 1.23. The molecule has 0 amide bonds. The van der Waals surface area contributed by atoms with E-state index in [1.54, 1.807) is 0 Å².